The zero-order valence-electron chi connectivity index (χ0n) is 48.4. The number of nitrogens with zero attached hydrogens (tertiary/aromatic N) is 5. The first-order valence-corrected chi connectivity index (χ1v) is 33.3. The van der Waals surface area contributed by atoms with Gasteiger partial charge in [0.15, 0.2) is 22.0 Å². The largest absolute Gasteiger partial charge is 0.278 e. The van der Waals surface area contributed by atoms with E-state index >= 15 is 0 Å². The Kier molecular flexibility index (Phi) is 13.0. The highest BCUT2D eigenvalue weighted by Crippen LogP contribution is 2.42. The van der Waals surface area contributed by atoms with Crippen LogP contribution >= 0.6 is 0 Å². The van der Waals surface area contributed by atoms with Crippen LogP contribution in [0, 0.1) is 0 Å². The number of para-hydroxylation sites is 3. The lowest BCUT2D eigenvalue weighted by molar-refractivity contribution is 0.572. The van der Waals surface area contributed by atoms with E-state index in [-0.39, 0.29) is 10.8 Å². The van der Waals surface area contributed by atoms with Crippen LogP contribution in [0.3, 0.4) is 0 Å². The van der Waals surface area contributed by atoms with Crippen LogP contribution in [0.4, 0.5) is 0 Å². The third-order valence-electron chi connectivity index (χ3n) is 17.3. The fourth-order valence-corrected chi connectivity index (χ4v) is 23.2. The molecule has 0 aliphatic rings. The number of benzene rings is 11. The van der Waals surface area contributed by atoms with E-state index in [9.17, 15) is 0 Å². The number of hydrogen-bond acceptors (Lipinski definition) is 3. The lowest BCUT2D eigenvalue weighted by atomic mass is 9.79. The number of rotatable bonds is 11. The van der Waals surface area contributed by atoms with Crippen molar-refractivity contribution in [3.8, 4) is 23.3 Å². The van der Waals surface area contributed by atoms with Crippen LogP contribution in [0.1, 0.15) is 52.7 Å². The van der Waals surface area contributed by atoms with Gasteiger partial charge < -0.3 is 0 Å². The van der Waals surface area contributed by atoms with Gasteiger partial charge in [-0.1, -0.05) is 302 Å². The highest BCUT2D eigenvalue weighted by atomic mass is 28.3. The molecule has 0 amide bonds. The predicted molar refractivity (Wildman–Crippen MR) is 359 cm³/mol. The second kappa shape index (κ2) is 20.7. The molecule has 3 aromatic heterocycles. The van der Waals surface area contributed by atoms with E-state index in [1.807, 2.05) is 0 Å². The monoisotopic (exact) mass is 1120 g/mol. The van der Waals surface area contributed by atoms with E-state index in [1.165, 1.54) is 58.0 Å². The number of hydrogen-bond donors (Lipinski definition) is 0. The summed E-state index contributed by atoms with van der Waals surface area (Å²) in [6.45, 7) is 13.9. The zero-order valence-corrected chi connectivity index (χ0v) is 50.4. The Bertz CT molecular complexity index is 4330. The van der Waals surface area contributed by atoms with Crippen LogP contribution in [0.2, 0.25) is 0 Å². The number of aromatic nitrogens is 5. The van der Waals surface area contributed by atoms with Crippen molar-refractivity contribution in [2.45, 2.75) is 52.4 Å². The van der Waals surface area contributed by atoms with Gasteiger partial charge in [0.25, 0.3) is 0 Å². The van der Waals surface area contributed by atoms with Gasteiger partial charge in [-0.15, -0.1) is 0 Å². The molecule has 406 valence electrons. The van der Waals surface area contributed by atoms with Crippen molar-refractivity contribution >= 4 is 101 Å². The van der Waals surface area contributed by atoms with Crippen molar-refractivity contribution in [1.29, 1.82) is 0 Å². The molecule has 11 aromatic carbocycles. The lowest BCUT2D eigenvalue weighted by Crippen LogP contribution is -2.78. The van der Waals surface area contributed by atoms with Crippen molar-refractivity contribution < 1.29 is 0 Å². The molecule has 0 spiro atoms. The van der Waals surface area contributed by atoms with E-state index in [0.29, 0.717) is 17.7 Å². The van der Waals surface area contributed by atoms with Crippen LogP contribution in [0.15, 0.2) is 285 Å². The Morgan fingerprint density at radius 3 is 0.964 bits per heavy atom. The van der Waals surface area contributed by atoms with Gasteiger partial charge in [-0.3, -0.25) is 9.13 Å². The van der Waals surface area contributed by atoms with Crippen LogP contribution in [-0.4, -0.2) is 40.2 Å². The van der Waals surface area contributed by atoms with E-state index in [1.54, 1.807) is 0 Å². The predicted octanol–water partition coefficient (Wildman–Crippen LogP) is 13.1. The van der Waals surface area contributed by atoms with E-state index in [2.05, 4.69) is 336 Å². The van der Waals surface area contributed by atoms with Crippen molar-refractivity contribution in [2.24, 2.45) is 0 Å². The Labute approximate surface area is 494 Å². The molecule has 0 aliphatic carbocycles. The van der Waals surface area contributed by atoms with Crippen LogP contribution in [0.25, 0.3) is 66.9 Å². The lowest BCUT2D eigenvalue weighted by Gasteiger charge is -2.38. The van der Waals surface area contributed by atoms with Crippen molar-refractivity contribution in [3.05, 3.63) is 296 Å². The minimum atomic E-state index is -3.26. The van der Waals surface area contributed by atoms with Crippen molar-refractivity contribution in [3.63, 3.8) is 0 Å². The van der Waals surface area contributed by atoms with Crippen molar-refractivity contribution in [1.82, 2.24) is 24.1 Å². The van der Waals surface area contributed by atoms with E-state index in [0.717, 1.165) is 43.8 Å². The smallest absolute Gasteiger partial charge is 0.240 e. The third kappa shape index (κ3) is 8.60. The molecule has 0 fully saturated rings. The Morgan fingerprint density at radius 1 is 0.286 bits per heavy atom. The molecule has 7 heteroatoms. The van der Waals surface area contributed by atoms with E-state index in [4.69, 9.17) is 15.0 Å². The molecule has 0 radical (unpaired) electrons. The molecule has 14 aromatic rings. The van der Waals surface area contributed by atoms with Gasteiger partial charge in [0.2, 0.25) is 11.9 Å². The summed E-state index contributed by atoms with van der Waals surface area (Å²) in [6.07, 6.45) is 0. The summed E-state index contributed by atoms with van der Waals surface area (Å²) < 4.78 is 4.60. The Balaban J connectivity index is 1.19. The van der Waals surface area contributed by atoms with Gasteiger partial charge in [-0.25, -0.2) is 0 Å². The molecule has 0 aliphatic heterocycles. The van der Waals surface area contributed by atoms with Gasteiger partial charge in [-0.2, -0.15) is 15.0 Å². The van der Waals surface area contributed by atoms with Gasteiger partial charge in [0.05, 0.1) is 22.1 Å². The molecule has 84 heavy (non-hydrogen) atoms. The normalized spacial score (nSPS) is 12.4. The molecule has 5 nitrogen and oxygen atoms in total. The Hall–Kier alpha value is -9.54. The maximum absolute atomic E-state index is 5.95. The second-order valence-corrected chi connectivity index (χ2v) is 32.0. The molecule has 0 unspecified atom stereocenters. The fourth-order valence-electron chi connectivity index (χ4n) is 13.4. The summed E-state index contributed by atoms with van der Waals surface area (Å²) in [7, 11) is -6.53. The van der Waals surface area contributed by atoms with Gasteiger partial charge in [0, 0.05) is 27.1 Å². The van der Waals surface area contributed by atoms with Gasteiger partial charge >= 0.3 is 0 Å². The SMILES string of the molecule is CC(C)(C)c1cc(C(C)(C)C)c2c(c1)c1ccccc1n2-c1nc(-c2cc([Si](c3ccccc3)(c3ccccc3)c3ccccc3)cc([Si](c3ccccc3)(c3ccccc3)c3ccccc3)c2)nc(-n2c3ccccc3c3ccccc32)n1. The number of fused-ring (bicyclic) bond motifs is 6. The molecule has 0 saturated carbocycles. The van der Waals surface area contributed by atoms with Crippen LogP contribution in [-0.2, 0) is 10.8 Å². The molecule has 0 bridgehead atoms. The maximum atomic E-state index is 5.95. The second-order valence-electron chi connectivity index (χ2n) is 24.4. The van der Waals surface area contributed by atoms with Crippen LogP contribution in [0.5, 0.6) is 0 Å². The van der Waals surface area contributed by atoms with E-state index < -0.39 is 16.1 Å². The summed E-state index contributed by atoms with van der Waals surface area (Å²) in [5.41, 5.74) is 7.28. The maximum Gasteiger partial charge on any atom is 0.240 e. The summed E-state index contributed by atoms with van der Waals surface area (Å²) in [5, 5.41) is 14.8. The molecular weight excluding hydrogens is 1050 g/mol. The highest BCUT2D eigenvalue weighted by Gasteiger charge is 2.46. The van der Waals surface area contributed by atoms with Gasteiger partial charge in [-0.05, 0) is 87.7 Å². The molecule has 0 N–H and O–H groups in total. The first kappa shape index (κ1) is 52.5. The quantitative estimate of drug-likeness (QED) is 0.0958. The minimum Gasteiger partial charge on any atom is -0.278 e. The average Bonchev–Trinajstić information content (AvgIpc) is 1.37. The van der Waals surface area contributed by atoms with Crippen molar-refractivity contribution in [2.75, 3.05) is 0 Å². The minimum absolute atomic E-state index is 0.0975. The van der Waals surface area contributed by atoms with Crippen LogP contribution < -0.4 is 41.5 Å². The summed E-state index contributed by atoms with van der Waals surface area (Å²) >= 11 is 0. The first-order valence-electron chi connectivity index (χ1n) is 29.3. The fraction of sp³-hybridized carbons (Fsp3) is 0.104. The molecular formula is C77H65N5Si2. The topological polar surface area (TPSA) is 48.5 Å². The zero-order chi connectivity index (χ0) is 57.2. The first-order chi connectivity index (χ1) is 40.9. The average molecular weight is 1120 g/mol. The highest BCUT2D eigenvalue weighted by molar-refractivity contribution is 7.22. The van der Waals surface area contributed by atoms with Gasteiger partial charge in [0.1, 0.15) is 0 Å². The summed E-state index contributed by atoms with van der Waals surface area (Å²) in [4.78, 5) is 17.6. The third-order valence-corrected chi connectivity index (χ3v) is 26.8. The molecule has 0 saturated heterocycles. The molecule has 3 heterocycles. The Morgan fingerprint density at radius 2 is 0.607 bits per heavy atom. The summed E-state index contributed by atoms with van der Waals surface area (Å²) in [5.74, 6) is 1.69. The molecule has 14 rings (SSSR count). The standard InChI is InChI=1S/C77H65N5Si2/c1-76(2,3)55-51-67-66-45-27-30-48-71(66)82(72(67)68(52-55)77(4,5)6)75-79-73(78-74(80-75)81-69-46-28-25-43-64(69)65-44-26-29-47-70(65)81)54-49-62(83(56-31-13-7-14-32-56,57-33-15-8-16-34-57)58-35-17-9-18-36-58)53-63(50-54)84(59-37-19-10-20-38-59,60-39-21-11-22-40-60)61-41-23-12-24-42-61/h7-53H,1-6H3. The summed E-state index contributed by atoms with van der Waals surface area (Å²) in [6, 6.07) is 106. The molecule has 0 atom stereocenters.